The Kier molecular flexibility index (Phi) is 2.00. The number of hydrogen-bond donors (Lipinski definition) is 2. The van der Waals surface area contributed by atoms with Crippen LogP contribution in [-0.4, -0.2) is 9.36 Å². The van der Waals surface area contributed by atoms with Crippen LogP contribution in [0.15, 0.2) is 35.1 Å². The molecule has 0 aliphatic heterocycles. The second-order valence-corrected chi connectivity index (χ2v) is 3.28. The summed E-state index contributed by atoms with van der Waals surface area (Å²) < 4.78 is 2.97. The fraction of sp³-hybridized carbons (Fsp3) is 0.100. The molecule has 0 spiro atoms. The predicted octanol–water partition coefficient (Wildman–Crippen LogP) is 0.340. The van der Waals surface area contributed by atoms with Crippen LogP contribution in [0.1, 0.15) is 0 Å². The number of benzene rings is 1. The molecule has 0 radical (unpaired) electrons. The van der Waals surface area contributed by atoms with Crippen LogP contribution in [0.25, 0.3) is 5.69 Å². The van der Waals surface area contributed by atoms with Gasteiger partial charge in [0.05, 0.1) is 5.69 Å². The Morgan fingerprint density at radius 2 is 1.73 bits per heavy atom. The minimum absolute atomic E-state index is 0.0846. The van der Waals surface area contributed by atoms with Gasteiger partial charge in [-0.2, -0.15) is 0 Å². The van der Waals surface area contributed by atoms with Gasteiger partial charge in [-0.3, -0.25) is 4.79 Å². The normalized spacial score (nSPS) is 10.5. The molecule has 5 heteroatoms. The van der Waals surface area contributed by atoms with E-state index in [1.54, 1.807) is 11.7 Å². The lowest BCUT2D eigenvalue weighted by molar-refractivity contribution is 0.647. The maximum atomic E-state index is 11.5. The van der Waals surface area contributed by atoms with Gasteiger partial charge in [-0.1, -0.05) is 18.2 Å². The quantitative estimate of drug-likeness (QED) is 0.703. The highest BCUT2D eigenvalue weighted by atomic mass is 16.1. The molecule has 0 fully saturated rings. The maximum Gasteiger partial charge on any atom is 0.292 e. The van der Waals surface area contributed by atoms with Crippen molar-refractivity contribution in [2.45, 2.75) is 0 Å². The fourth-order valence-corrected chi connectivity index (χ4v) is 1.53. The molecular weight excluding hydrogens is 192 g/mol. The average molecular weight is 204 g/mol. The van der Waals surface area contributed by atoms with Gasteiger partial charge in [-0.25, -0.2) is 9.36 Å². The molecule has 5 nitrogen and oxygen atoms in total. The van der Waals surface area contributed by atoms with Crippen LogP contribution in [0, 0.1) is 0 Å². The highest BCUT2D eigenvalue weighted by molar-refractivity contribution is 5.60. The number of nitrogen functional groups attached to an aromatic ring is 2. The molecule has 0 unspecified atom stereocenters. The number of nitrogens with zero attached hydrogens (tertiary/aromatic N) is 2. The Morgan fingerprint density at radius 1 is 1.13 bits per heavy atom. The van der Waals surface area contributed by atoms with Gasteiger partial charge >= 0.3 is 0 Å². The van der Waals surface area contributed by atoms with Crippen molar-refractivity contribution in [1.29, 1.82) is 0 Å². The van der Waals surface area contributed by atoms with Gasteiger partial charge in [-0.15, -0.1) is 0 Å². The first kappa shape index (κ1) is 9.39. The molecule has 2 aromatic rings. The van der Waals surface area contributed by atoms with Crippen LogP contribution in [0.3, 0.4) is 0 Å². The monoisotopic (exact) mass is 204 g/mol. The minimum atomic E-state index is -0.281. The molecule has 0 atom stereocenters. The molecule has 1 aromatic carbocycles. The number of anilines is 2. The van der Waals surface area contributed by atoms with Crippen molar-refractivity contribution < 1.29 is 0 Å². The first-order valence-electron chi connectivity index (χ1n) is 4.51. The van der Waals surface area contributed by atoms with Crippen molar-refractivity contribution in [3.8, 4) is 5.69 Å². The standard InChI is InChI=1S/C10H12N4O/c1-13-10(15)8(11)9(12)14(13)7-5-3-2-4-6-7/h2-6H,11-12H2,1H3. The van der Waals surface area contributed by atoms with Crippen LogP contribution >= 0.6 is 0 Å². The Hall–Kier alpha value is -2.17. The topological polar surface area (TPSA) is 79.0 Å². The van der Waals surface area contributed by atoms with Crippen LogP contribution in [0.4, 0.5) is 11.5 Å². The molecule has 78 valence electrons. The Bertz CT molecular complexity index is 539. The van der Waals surface area contributed by atoms with Gasteiger partial charge in [0.25, 0.3) is 5.56 Å². The molecule has 0 amide bonds. The van der Waals surface area contributed by atoms with Crippen molar-refractivity contribution in [2.75, 3.05) is 11.5 Å². The molecular formula is C10H12N4O. The molecule has 15 heavy (non-hydrogen) atoms. The third-order valence-corrected chi connectivity index (χ3v) is 2.33. The summed E-state index contributed by atoms with van der Waals surface area (Å²) in [5.41, 5.74) is 11.9. The van der Waals surface area contributed by atoms with Gasteiger partial charge in [0.2, 0.25) is 0 Å². The highest BCUT2D eigenvalue weighted by Gasteiger charge is 2.13. The number of hydrogen-bond acceptors (Lipinski definition) is 3. The summed E-state index contributed by atoms with van der Waals surface area (Å²) in [6.45, 7) is 0. The van der Waals surface area contributed by atoms with E-state index in [1.165, 1.54) is 4.68 Å². The van der Waals surface area contributed by atoms with Crippen LogP contribution < -0.4 is 17.0 Å². The summed E-state index contributed by atoms with van der Waals surface area (Å²) in [7, 11) is 1.63. The van der Waals surface area contributed by atoms with E-state index in [4.69, 9.17) is 11.5 Å². The van der Waals surface area contributed by atoms with Crippen molar-refractivity contribution in [3.05, 3.63) is 40.7 Å². The van der Waals surface area contributed by atoms with E-state index in [0.717, 1.165) is 5.69 Å². The average Bonchev–Trinajstić information content (AvgIpc) is 2.45. The molecule has 0 saturated heterocycles. The van der Waals surface area contributed by atoms with Gasteiger partial charge in [0.1, 0.15) is 5.69 Å². The summed E-state index contributed by atoms with van der Waals surface area (Å²) in [5.74, 6) is 0.272. The van der Waals surface area contributed by atoms with Crippen molar-refractivity contribution in [1.82, 2.24) is 9.36 Å². The second-order valence-electron chi connectivity index (χ2n) is 3.28. The van der Waals surface area contributed by atoms with E-state index in [-0.39, 0.29) is 17.1 Å². The predicted molar refractivity (Wildman–Crippen MR) is 59.8 cm³/mol. The van der Waals surface area contributed by atoms with Gasteiger partial charge < -0.3 is 11.5 Å². The maximum absolute atomic E-state index is 11.5. The SMILES string of the molecule is Cn1c(=O)c(N)c(N)n1-c1ccccc1. The van der Waals surface area contributed by atoms with Gasteiger partial charge in [-0.05, 0) is 12.1 Å². The zero-order valence-electron chi connectivity index (χ0n) is 8.34. The van der Waals surface area contributed by atoms with E-state index < -0.39 is 0 Å². The third-order valence-electron chi connectivity index (χ3n) is 2.33. The lowest BCUT2D eigenvalue weighted by Gasteiger charge is -2.08. The number of aromatic nitrogens is 2. The number of rotatable bonds is 1. The third kappa shape index (κ3) is 1.28. The van der Waals surface area contributed by atoms with Crippen molar-refractivity contribution in [2.24, 2.45) is 7.05 Å². The molecule has 0 aliphatic rings. The van der Waals surface area contributed by atoms with Crippen LogP contribution in [-0.2, 0) is 7.05 Å². The minimum Gasteiger partial charge on any atom is -0.391 e. The lowest BCUT2D eigenvalue weighted by atomic mass is 10.3. The molecule has 1 aromatic heterocycles. The zero-order valence-corrected chi connectivity index (χ0v) is 8.34. The van der Waals surface area contributed by atoms with E-state index in [2.05, 4.69) is 0 Å². The smallest absolute Gasteiger partial charge is 0.292 e. The first-order valence-corrected chi connectivity index (χ1v) is 4.51. The Balaban J connectivity index is 2.75. The second kappa shape index (κ2) is 3.20. The van der Waals surface area contributed by atoms with E-state index >= 15 is 0 Å². The zero-order chi connectivity index (χ0) is 11.0. The summed E-state index contributed by atoms with van der Waals surface area (Å²) in [4.78, 5) is 11.5. The van der Waals surface area contributed by atoms with E-state index in [0.29, 0.717) is 0 Å². The van der Waals surface area contributed by atoms with E-state index in [9.17, 15) is 4.79 Å². The van der Waals surface area contributed by atoms with Crippen LogP contribution in [0.5, 0.6) is 0 Å². The van der Waals surface area contributed by atoms with Crippen LogP contribution in [0.2, 0.25) is 0 Å². The summed E-state index contributed by atoms with van der Waals surface area (Å²) in [6, 6.07) is 9.35. The van der Waals surface area contributed by atoms with Gasteiger partial charge in [0, 0.05) is 7.05 Å². The fourth-order valence-electron chi connectivity index (χ4n) is 1.53. The molecule has 2 rings (SSSR count). The van der Waals surface area contributed by atoms with Crippen molar-refractivity contribution in [3.63, 3.8) is 0 Å². The highest BCUT2D eigenvalue weighted by Crippen LogP contribution is 2.16. The first-order chi connectivity index (χ1) is 7.13. The molecule has 4 N–H and O–H groups in total. The molecule has 1 heterocycles. The molecule has 0 saturated carbocycles. The van der Waals surface area contributed by atoms with Crippen molar-refractivity contribution >= 4 is 11.5 Å². The molecule has 0 bridgehead atoms. The lowest BCUT2D eigenvalue weighted by Crippen LogP contribution is -2.19. The number of nitrogens with two attached hydrogens (primary N) is 2. The summed E-state index contributed by atoms with van der Waals surface area (Å²) >= 11 is 0. The van der Waals surface area contributed by atoms with Gasteiger partial charge in [0.15, 0.2) is 5.82 Å². The Morgan fingerprint density at radius 3 is 2.20 bits per heavy atom. The van der Waals surface area contributed by atoms with E-state index in [1.807, 2.05) is 30.3 Å². The largest absolute Gasteiger partial charge is 0.391 e. The Labute approximate surface area is 86.5 Å². The summed E-state index contributed by atoms with van der Waals surface area (Å²) in [6.07, 6.45) is 0. The molecule has 0 aliphatic carbocycles. The number of para-hydroxylation sites is 1. The summed E-state index contributed by atoms with van der Waals surface area (Å²) in [5, 5.41) is 0.